The van der Waals surface area contributed by atoms with Gasteiger partial charge in [0.2, 0.25) is 11.0 Å². The Morgan fingerprint density at radius 1 is 1.29 bits per heavy atom. The van der Waals surface area contributed by atoms with Crippen LogP contribution >= 0.6 is 23.1 Å². The van der Waals surface area contributed by atoms with E-state index in [-0.39, 0.29) is 18.0 Å². The van der Waals surface area contributed by atoms with Crippen LogP contribution in [-0.2, 0) is 4.79 Å². The zero-order valence-electron chi connectivity index (χ0n) is 12.2. The van der Waals surface area contributed by atoms with E-state index in [1.807, 2.05) is 13.8 Å². The molecular formula is C12H19N5O2S2. The molecule has 0 spiro atoms. The Labute approximate surface area is 131 Å². The van der Waals surface area contributed by atoms with Gasteiger partial charge < -0.3 is 10.6 Å². The number of imide groups is 1. The number of urea groups is 1. The predicted molar refractivity (Wildman–Crippen MR) is 83.7 cm³/mol. The van der Waals surface area contributed by atoms with Gasteiger partial charge in [-0.15, -0.1) is 10.2 Å². The van der Waals surface area contributed by atoms with Crippen molar-refractivity contribution >= 4 is 40.2 Å². The molecule has 1 fully saturated rings. The van der Waals surface area contributed by atoms with Crippen molar-refractivity contribution in [2.45, 2.75) is 55.3 Å². The van der Waals surface area contributed by atoms with Gasteiger partial charge in [0.15, 0.2) is 4.34 Å². The SMILES string of the molecule is CC(C)Nc1nnc(S[C@H](C)C(=O)NC(=O)NC2CC2)s1. The predicted octanol–water partition coefficient (Wildman–Crippen LogP) is 1.83. The average molecular weight is 329 g/mol. The molecule has 21 heavy (non-hydrogen) atoms. The fraction of sp³-hybridized carbons (Fsp3) is 0.667. The summed E-state index contributed by atoms with van der Waals surface area (Å²) in [4.78, 5) is 23.4. The third kappa shape index (κ3) is 5.50. The lowest BCUT2D eigenvalue weighted by molar-refractivity contribution is -0.119. The Kier molecular flexibility index (Phi) is 5.40. The van der Waals surface area contributed by atoms with Crippen molar-refractivity contribution in [3.63, 3.8) is 0 Å². The maximum atomic E-state index is 11.9. The van der Waals surface area contributed by atoms with E-state index >= 15 is 0 Å². The monoisotopic (exact) mass is 329 g/mol. The quantitative estimate of drug-likeness (QED) is 0.689. The van der Waals surface area contributed by atoms with E-state index in [0.29, 0.717) is 4.34 Å². The number of anilines is 1. The molecule has 1 saturated carbocycles. The number of nitrogens with one attached hydrogen (secondary N) is 3. The van der Waals surface area contributed by atoms with Gasteiger partial charge in [0.1, 0.15) is 0 Å². The number of hydrogen-bond donors (Lipinski definition) is 3. The van der Waals surface area contributed by atoms with Gasteiger partial charge in [0.25, 0.3) is 0 Å². The Morgan fingerprint density at radius 3 is 2.62 bits per heavy atom. The fourth-order valence-corrected chi connectivity index (χ4v) is 3.47. The number of thioether (sulfide) groups is 1. The molecule has 1 aliphatic rings. The van der Waals surface area contributed by atoms with Crippen molar-refractivity contribution in [3.8, 4) is 0 Å². The molecule has 2 rings (SSSR count). The van der Waals surface area contributed by atoms with Crippen LogP contribution in [0.2, 0.25) is 0 Å². The maximum Gasteiger partial charge on any atom is 0.321 e. The number of hydrogen-bond acceptors (Lipinski definition) is 7. The summed E-state index contributed by atoms with van der Waals surface area (Å²) in [7, 11) is 0. The van der Waals surface area contributed by atoms with E-state index in [9.17, 15) is 9.59 Å². The lowest BCUT2D eigenvalue weighted by atomic mass is 10.4. The normalized spacial score (nSPS) is 15.6. The molecule has 0 unspecified atom stereocenters. The lowest BCUT2D eigenvalue weighted by Gasteiger charge is -2.09. The number of amides is 3. The third-order valence-electron chi connectivity index (χ3n) is 2.61. The van der Waals surface area contributed by atoms with E-state index < -0.39 is 11.3 Å². The summed E-state index contributed by atoms with van der Waals surface area (Å²) in [6, 6.07) is 0.0885. The van der Waals surface area contributed by atoms with Gasteiger partial charge in [-0.2, -0.15) is 0 Å². The molecule has 0 bridgehead atoms. The fourth-order valence-electron chi connectivity index (χ4n) is 1.43. The topological polar surface area (TPSA) is 96.0 Å². The molecule has 3 amide bonds. The largest absolute Gasteiger partial charge is 0.358 e. The van der Waals surface area contributed by atoms with E-state index in [1.165, 1.54) is 23.1 Å². The number of aromatic nitrogens is 2. The van der Waals surface area contributed by atoms with Crippen LogP contribution in [0.25, 0.3) is 0 Å². The standard InChI is InChI=1S/C12H19N5O2S2/c1-6(2)13-11-16-17-12(21-11)20-7(3)9(18)15-10(19)14-8-4-5-8/h6-8H,4-5H2,1-3H3,(H,13,16)(H2,14,15,18,19)/t7-/m1/s1. The van der Waals surface area contributed by atoms with Gasteiger partial charge in [-0.25, -0.2) is 4.79 Å². The number of nitrogens with zero attached hydrogens (tertiary/aromatic N) is 2. The number of rotatable bonds is 6. The molecule has 0 radical (unpaired) electrons. The first-order valence-electron chi connectivity index (χ1n) is 6.82. The van der Waals surface area contributed by atoms with E-state index in [2.05, 4.69) is 26.1 Å². The molecule has 0 saturated heterocycles. The van der Waals surface area contributed by atoms with Gasteiger partial charge in [0, 0.05) is 12.1 Å². The van der Waals surface area contributed by atoms with E-state index in [1.54, 1.807) is 6.92 Å². The summed E-state index contributed by atoms with van der Waals surface area (Å²) in [5.41, 5.74) is 0. The highest BCUT2D eigenvalue weighted by molar-refractivity contribution is 8.02. The molecule has 116 valence electrons. The second kappa shape index (κ2) is 7.08. The zero-order chi connectivity index (χ0) is 15.4. The zero-order valence-corrected chi connectivity index (χ0v) is 13.8. The molecule has 1 atom stereocenters. The summed E-state index contributed by atoms with van der Waals surface area (Å²) >= 11 is 2.68. The van der Waals surface area contributed by atoms with Gasteiger partial charge in [-0.05, 0) is 33.6 Å². The van der Waals surface area contributed by atoms with Crippen LogP contribution < -0.4 is 16.0 Å². The van der Waals surface area contributed by atoms with E-state index in [0.717, 1.165) is 18.0 Å². The summed E-state index contributed by atoms with van der Waals surface area (Å²) < 4.78 is 0.698. The lowest BCUT2D eigenvalue weighted by Crippen LogP contribution is -2.43. The van der Waals surface area contributed by atoms with Crippen LogP contribution in [0.15, 0.2) is 4.34 Å². The molecule has 0 aliphatic heterocycles. The third-order valence-corrected chi connectivity index (χ3v) is 4.65. The average Bonchev–Trinajstić information content (AvgIpc) is 3.08. The minimum Gasteiger partial charge on any atom is -0.358 e. The second-order valence-electron chi connectivity index (χ2n) is 5.17. The molecular weight excluding hydrogens is 310 g/mol. The highest BCUT2D eigenvalue weighted by Crippen LogP contribution is 2.29. The Bertz CT molecular complexity index is 516. The molecule has 1 aromatic rings. The molecule has 7 nitrogen and oxygen atoms in total. The van der Waals surface area contributed by atoms with Crippen LogP contribution in [0, 0.1) is 0 Å². The molecule has 1 heterocycles. The van der Waals surface area contributed by atoms with Crippen molar-refractivity contribution in [1.82, 2.24) is 20.8 Å². The highest BCUT2D eigenvalue weighted by Gasteiger charge is 2.25. The minimum absolute atomic E-state index is 0.230. The van der Waals surface area contributed by atoms with Crippen LogP contribution in [0.4, 0.5) is 9.93 Å². The molecule has 3 N–H and O–H groups in total. The van der Waals surface area contributed by atoms with Crippen molar-refractivity contribution < 1.29 is 9.59 Å². The van der Waals surface area contributed by atoms with Crippen molar-refractivity contribution in [3.05, 3.63) is 0 Å². The van der Waals surface area contributed by atoms with Gasteiger partial charge in [0.05, 0.1) is 5.25 Å². The molecule has 9 heteroatoms. The molecule has 1 aliphatic carbocycles. The molecule has 1 aromatic heterocycles. The Hall–Kier alpha value is -1.35. The second-order valence-corrected chi connectivity index (χ2v) is 7.73. The summed E-state index contributed by atoms with van der Waals surface area (Å²) in [6.07, 6.45) is 1.98. The van der Waals surface area contributed by atoms with E-state index in [4.69, 9.17) is 0 Å². The first-order valence-corrected chi connectivity index (χ1v) is 8.51. The summed E-state index contributed by atoms with van der Waals surface area (Å²) in [5.74, 6) is -0.327. The Balaban J connectivity index is 1.79. The van der Waals surface area contributed by atoms with Crippen LogP contribution in [-0.4, -0.2) is 39.5 Å². The highest BCUT2D eigenvalue weighted by atomic mass is 32.2. The minimum atomic E-state index is -0.422. The number of carbonyl (C=O) groups excluding carboxylic acids is 2. The smallest absolute Gasteiger partial charge is 0.321 e. The van der Waals surface area contributed by atoms with Gasteiger partial charge in [-0.3, -0.25) is 10.1 Å². The van der Waals surface area contributed by atoms with Gasteiger partial charge in [-0.1, -0.05) is 23.1 Å². The summed E-state index contributed by atoms with van der Waals surface area (Å²) in [5, 5.41) is 16.6. The Morgan fingerprint density at radius 2 is 2.00 bits per heavy atom. The first-order chi connectivity index (χ1) is 9.94. The maximum absolute atomic E-state index is 11.9. The van der Waals surface area contributed by atoms with Crippen molar-refractivity contribution in [2.75, 3.05) is 5.32 Å². The first kappa shape index (κ1) is 16.0. The summed E-state index contributed by atoms with van der Waals surface area (Å²) in [6.45, 7) is 5.77. The van der Waals surface area contributed by atoms with Crippen LogP contribution in [0.5, 0.6) is 0 Å². The van der Waals surface area contributed by atoms with Crippen molar-refractivity contribution in [2.24, 2.45) is 0 Å². The van der Waals surface area contributed by atoms with Crippen LogP contribution in [0.1, 0.15) is 33.6 Å². The molecule has 0 aromatic carbocycles. The van der Waals surface area contributed by atoms with Gasteiger partial charge >= 0.3 is 6.03 Å². The van der Waals surface area contributed by atoms with Crippen LogP contribution in [0.3, 0.4) is 0 Å². The number of carbonyl (C=O) groups is 2. The van der Waals surface area contributed by atoms with Crippen molar-refractivity contribution in [1.29, 1.82) is 0 Å².